The number of pyridine rings is 1. The van der Waals surface area contributed by atoms with E-state index in [1.165, 1.54) is 5.56 Å². The predicted octanol–water partition coefficient (Wildman–Crippen LogP) is 9.31. The molecule has 7 nitrogen and oxygen atoms in total. The molecule has 3 aromatic rings. The zero-order chi connectivity index (χ0) is 34.8. The second-order valence-electron chi connectivity index (χ2n) is 14.6. The second-order valence-corrected chi connectivity index (χ2v) is 14.6. The first-order chi connectivity index (χ1) is 22.1. The van der Waals surface area contributed by atoms with Crippen molar-refractivity contribution in [3.05, 3.63) is 88.2 Å². The molecule has 0 spiro atoms. The minimum atomic E-state index is -1.05. The number of aryl methyl sites for hydroxylation is 1. The Balaban J connectivity index is 1.52. The van der Waals surface area contributed by atoms with E-state index in [9.17, 15) is 19.8 Å². The van der Waals surface area contributed by atoms with Gasteiger partial charge in [0.25, 0.3) is 0 Å². The molecular weight excluding hydrogens is 588 g/mol. The minimum absolute atomic E-state index is 0.0663. The number of carbonyl (C=O) groups is 2. The fraction of sp³-hybridized carbons (Fsp3) is 0.475. The molecule has 0 atom stereocenters. The topological polar surface area (TPSA) is 109 Å². The summed E-state index contributed by atoms with van der Waals surface area (Å²) in [6.07, 6.45) is 7.42. The number of aliphatic carboxylic acids is 1. The Labute approximate surface area is 281 Å². The average Bonchev–Trinajstić information content (AvgIpc) is 3.00. The van der Waals surface area contributed by atoms with Gasteiger partial charge in [0, 0.05) is 18.7 Å². The lowest BCUT2D eigenvalue weighted by atomic mass is 9.78. The van der Waals surface area contributed by atoms with Gasteiger partial charge in [-0.15, -0.1) is 0 Å². The summed E-state index contributed by atoms with van der Waals surface area (Å²) < 4.78 is 5.97. The normalized spacial score (nSPS) is 12.4. The molecule has 0 aliphatic carbocycles. The number of rotatable bonds is 15. The molecule has 0 bridgehead atoms. The number of aromatic hydroxyl groups is 1. The standard InChI is InChI=1S/C40H54N2O5/c1-9-40(10-2,37(45)46)26-35(43)42-31-18-13-16-28(23-31)20-21-30-17-14-19-32(41-30)27-47-22-12-11-15-29-24-33(38(3,4)5)36(44)34(25-29)39(6,7)8/h13-14,16-21,23-25,44H,9-12,15,22,26-27H2,1-8H3,(H,42,43)(H,45,46). The highest BCUT2D eigenvalue weighted by molar-refractivity contribution is 5.94. The van der Waals surface area contributed by atoms with Gasteiger partial charge in [-0.2, -0.15) is 0 Å². The van der Waals surface area contributed by atoms with Crippen molar-refractivity contribution >= 4 is 29.7 Å². The number of phenols is 1. The van der Waals surface area contributed by atoms with Crippen LogP contribution in [0, 0.1) is 5.41 Å². The van der Waals surface area contributed by atoms with Crippen LogP contribution in [0.25, 0.3) is 12.2 Å². The third kappa shape index (κ3) is 10.8. The van der Waals surface area contributed by atoms with Gasteiger partial charge in [-0.05, 0) is 95.5 Å². The molecule has 0 radical (unpaired) electrons. The van der Waals surface area contributed by atoms with Crippen molar-refractivity contribution in [1.82, 2.24) is 4.98 Å². The summed E-state index contributed by atoms with van der Waals surface area (Å²) in [5, 5.41) is 23.5. The van der Waals surface area contributed by atoms with Crippen molar-refractivity contribution in [2.24, 2.45) is 5.41 Å². The SMILES string of the molecule is CCC(CC)(CC(=O)Nc1cccc(C=Cc2cccc(COCCCCc3cc(C(C)(C)C)c(O)c(C(C)(C)C)c3)n2)c1)C(=O)O. The van der Waals surface area contributed by atoms with Crippen molar-refractivity contribution in [1.29, 1.82) is 0 Å². The molecule has 1 aromatic heterocycles. The fourth-order valence-corrected chi connectivity index (χ4v) is 5.66. The second kappa shape index (κ2) is 16.2. The number of carbonyl (C=O) groups excluding carboxylic acids is 1. The lowest BCUT2D eigenvalue weighted by Gasteiger charge is -2.28. The van der Waals surface area contributed by atoms with E-state index in [1.54, 1.807) is 19.9 Å². The molecule has 0 unspecified atom stereocenters. The van der Waals surface area contributed by atoms with Crippen LogP contribution in [-0.4, -0.2) is 33.7 Å². The van der Waals surface area contributed by atoms with Gasteiger partial charge in [0.05, 0.1) is 23.4 Å². The molecular formula is C40H54N2O5. The first-order valence-electron chi connectivity index (χ1n) is 16.8. The summed E-state index contributed by atoms with van der Waals surface area (Å²) in [6, 6.07) is 17.6. The summed E-state index contributed by atoms with van der Waals surface area (Å²) >= 11 is 0. The van der Waals surface area contributed by atoms with Gasteiger partial charge in [0.15, 0.2) is 0 Å². The maximum absolute atomic E-state index is 12.7. The number of phenolic OH excluding ortho intramolecular Hbond substituents is 1. The van der Waals surface area contributed by atoms with Crippen LogP contribution in [0.1, 0.15) is 121 Å². The number of carboxylic acids is 1. The van der Waals surface area contributed by atoms with Crippen LogP contribution in [-0.2, 0) is 38.2 Å². The van der Waals surface area contributed by atoms with E-state index in [1.807, 2.05) is 48.6 Å². The summed E-state index contributed by atoms with van der Waals surface area (Å²) in [4.78, 5) is 29.2. The number of unbranched alkanes of at least 4 members (excludes halogenated alkanes) is 1. The highest BCUT2D eigenvalue weighted by atomic mass is 16.5. The Kier molecular flexibility index (Phi) is 12.9. The number of nitrogens with zero attached hydrogens (tertiary/aromatic N) is 1. The van der Waals surface area contributed by atoms with Gasteiger partial charge < -0.3 is 20.3 Å². The molecule has 47 heavy (non-hydrogen) atoms. The van der Waals surface area contributed by atoms with Gasteiger partial charge in [-0.3, -0.25) is 14.6 Å². The van der Waals surface area contributed by atoms with E-state index >= 15 is 0 Å². The molecule has 2 aromatic carbocycles. The van der Waals surface area contributed by atoms with Crippen molar-refractivity contribution in [2.45, 2.75) is 111 Å². The molecule has 0 aliphatic heterocycles. The lowest BCUT2D eigenvalue weighted by molar-refractivity contribution is -0.151. The number of amides is 1. The van der Waals surface area contributed by atoms with E-state index in [2.05, 4.69) is 59.0 Å². The third-order valence-corrected chi connectivity index (χ3v) is 8.79. The maximum atomic E-state index is 12.7. The van der Waals surface area contributed by atoms with Crippen molar-refractivity contribution < 1.29 is 24.5 Å². The third-order valence-electron chi connectivity index (χ3n) is 8.79. The molecule has 0 saturated heterocycles. The summed E-state index contributed by atoms with van der Waals surface area (Å²) in [5.74, 6) is -0.829. The van der Waals surface area contributed by atoms with Crippen LogP contribution in [0.5, 0.6) is 5.75 Å². The fourth-order valence-electron chi connectivity index (χ4n) is 5.66. The first kappa shape index (κ1) is 37.5. The molecule has 0 saturated carbocycles. The monoisotopic (exact) mass is 642 g/mol. The summed E-state index contributed by atoms with van der Waals surface area (Å²) in [7, 11) is 0. The molecule has 0 fully saturated rings. The van der Waals surface area contributed by atoms with Crippen LogP contribution in [0.3, 0.4) is 0 Å². The zero-order valence-corrected chi connectivity index (χ0v) is 29.6. The van der Waals surface area contributed by atoms with E-state index in [-0.39, 0.29) is 23.2 Å². The van der Waals surface area contributed by atoms with E-state index in [0.717, 1.165) is 47.3 Å². The number of carboxylic acid groups (broad SMARTS) is 1. The number of hydrogen-bond acceptors (Lipinski definition) is 5. The van der Waals surface area contributed by atoms with Gasteiger partial charge in [-0.25, -0.2) is 0 Å². The summed E-state index contributed by atoms with van der Waals surface area (Å²) in [6.45, 7) is 17.5. The smallest absolute Gasteiger partial charge is 0.310 e. The Hall–Kier alpha value is -3.97. The molecule has 3 N–H and O–H groups in total. The van der Waals surface area contributed by atoms with Crippen molar-refractivity contribution in [2.75, 3.05) is 11.9 Å². The van der Waals surface area contributed by atoms with Crippen LogP contribution in [0.2, 0.25) is 0 Å². The molecule has 0 aliphatic rings. The van der Waals surface area contributed by atoms with Crippen LogP contribution in [0.15, 0.2) is 54.6 Å². The van der Waals surface area contributed by atoms with Crippen LogP contribution >= 0.6 is 0 Å². The number of nitrogens with one attached hydrogen (secondary N) is 1. The minimum Gasteiger partial charge on any atom is -0.507 e. The van der Waals surface area contributed by atoms with Gasteiger partial charge in [0.2, 0.25) is 5.91 Å². The van der Waals surface area contributed by atoms with E-state index < -0.39 is 11.4 Å². The predicted molar refractivity (Wildman–Crippen MR) is 192 cm³/mol. The number of benzene rings is 2. The molecule has 1 heterocycles. The zero-order valence-electron chi connectivity index (χ0n) is 29.6. The Bertz CT molecular complexity index is 1510. The quantitative estimate of drug-likeness (QED) is 0.143. The van der Waals surface area contributed by atoms with E-state index in [4.69, 9.17) is 9.72 Å². The Morgan fingerprint density at radius 1 is 0.872 bits per heavy atom. The highest BCUT2D eigenvalue weighted by Gasteiger charge is 2.37. The van der Waals surface area contributed by atoms with Gasteiger partial charge >= 0.3 is 5.97 Å². The molecule has 7 heteroatoms. The number of aromatic nitrogens is 1. The average molecular weight is 643 g/mol. The van der Waals surface area contributed by atoms with Crippen molar-refractivity contribution in [3.63, 3.8) is 0 Å². The number of ether oxygens (including phenoxy) is 1. The van der Waals surface area contributed by atoms with Gasteiger partial charge in [0.1, 0.15) is 5.75 Å². The Morgan fingerprint density at radius 2 is 1.51 bits per heavy atom. The first-order valence-corrected chi connectivity index (χ1v) is 16.8. The maximum Gasteiger partial charge on any atom is 0.310 e. The largest absolute Gasteiger partial charge is 0.507 e. The van der Waals surface area contributed by atoms with Crippen molar-refractivity contribution in [3.8, 4) is 5.75 Å². The van der Waals surface area contributed by atoms with Gasteiger partial charge in [-0.1, -0.05) is 91.8 Å². The molecule has 1 amide bonds. The lowest BCUT2D eigenvalue weighted by Crippen LogP contribution is -2.34. The van der Waals surface area contributed by atoms with E-state index in [0.29, 0.717) is 37.5 Å². The van der Waals surface area contributed by atoms with Crippen LogP contribution < -0.4 is 5.32 Å². The van der Waals surface area contributed by atoms with Crippen LogP contribution in [0.4, 0.5) is 5.69 Å². The Morgan fingerprint density at radius 3 is 2.11 bits per heavy atom. The number of anilines is 1. The molecule has 254 valence electrons. The molecule has 3 rings (SSSR count). The summed E-state index contributed by atoms with van der Waals surface area (Å²) in [5.41, 5.74) is 5.08. The highest BCUT2D eigenvalue weighted by Crippen LogP contribution is 2.40. The number of hydrogen-bond donors (Lipinski definition) is 3.